The number of hydrogen-bond acceptors (Lipinski definition) is 21. The molecule has 4 aromatic heterocycles. The van der Waals surface area contributed by atoms with Gasteiger partial charge in [0.25, 0.3) is 29.5 Å². The van der Waals surface area contributed by atoms with Gasteiger partial charge in [-0.05, 0) is 194 Å². The number of anilines is 4. The van der Waals surface area contributed by atoms with Crippen molar-refractivity contribution in [1.29, 1.82) is 0 Å². The summed E-state index contributed by atoms with van der Waals surface area (Å²) in [5.41, 5.74) is 8.35. The van der Waals surface area contributed by atoms with E-state index in [4.69, 9.17) is 9.47 Å². The van der Waals surface area contributed by atoms with Crippen molar-refractivity contribution >= 4 is 82.5 Å². The molecule has 9 N–H and O–H groups in total. The Kier molecular flexibility index (Phi) is 29.9. The maximum Gasteiger partial charge on any atom is 0.407 e. The zero-order valence-corrected chi connectivity index (χ0v) is 71.3. The van der Waals surface area contributed by atoms with Gasteiger partial charge in [-0.25, -0.2) is 49.6 Å². The number of imide groups is 1. The third-order valence-electron chi connectivity index (χ3n) is 25.0. The van der Waals surface area contributed by atoms with Gasteiger partial charge in [0.05, 0.1) is 0 Å². The Morgan fingerprint density at radius 3 is 1.03 bits per heavy atom. The minimum Gasteiger partial charge on any atom is -0.444 e. The number of ether oxygens (including phenoxy) is 2. The third-order valence-corrected chi connectivity index (χ3v) is 25.0. The molecule has 1 aliphatic heterocycles. The highest BCUT2D eigenvalue weighted by molar-refractivity contribution is 6.18. The van der Waals surface area contributed by atoms with Crippen LogP contribution in [0.3, 0.4) is 0 Å². The predicted molar refractivity (Wildman–Crippen MR) is 467 cm³/mol. The number of alkyl carbamates (subject to hydrolysis) is 1. The Morgan fingerprint density at radius 1 is 0.360 bits per heavy atom. The molecular weight excluding hydrogens is 1590 g/mol. The molecule has 10 amide bonds. The van der Waals surface area contributed by atoms with Gasteiger partial charge in [-0.3, -0.25) is 43.2 Å². The number of aromatic nitrogens is 8. The minimum atomic E-state index is -1.41. The second-order valence-corrected chi connectivity index (χ2v) is 35.2. The number of carbonyl (C=O) groups is 10. The fourth-order valence-electron chi connectivity index (χ4n) is 18.4. The van der Waals surface area contributed by atoms with Crippen molar-refractivity contribution in [3.63, 3.8) is 0 Å². The molecule has 8 aromatic rings. The quantitative estimate of drug-likeness (QED) is 0.0360. The van der Waals surface area contributed by atoms with E-state index in [1.807, 2.05) is 69.3 Å². The molecule has 5 fully saturated rings. The first-order valence-corrected chi connectivity index (χ1v) is 44.4. The van der Waals surface area contributed by atoms with Crippen LogP contribution in [0, 0.1) is 23.7 Å². The van der Waals surface area contributed by atoms with Crippen LogP contribution in [0.25, 0.3) is 0 Å². The predicted octanol–water partition coefficient (Wildman–Crippen LogP) is 11.5. The molecule has 5 heterocycles. The number of nitrogens with zero attached hydrogens (tertiary/aromatic N) is 9. The Labute approximate surface area is 727 Å². The third kappa shape index (κ3) is 23.6. The Balaban J connectivity index is 0.000000136. The van der Waals surface area contributed by atoms with Gasteiger partial charge >= 0.3 is 6.09 Å². The van der Waals surface area contributed by atoms with Crippen molar-refractivity contribution in [3.05, 3.63) is 214 Å². The largest absolute Gasteiger partial charge is 0.444 e. The second kappa shape index (κ2) is 42.0. The van der Waals surface area contributed by atoms with Gasteiger partial charge in [0, 0.05) is 117 Å². The molecule has 0 atom stereocenters. The number of fused-ring (bicyclic) bond motifs is 4. The highest BCUT2D eigenvalue weighted by Gasteiger charge is 2.42. The number of aliphatic hydroxyl groups is 1. The second-order valence-electron chi connectivity index (χ2n) is 35.2. The van der Waals surface area contributed by atoms with Crippen LogP contribution in [0.4, 0.5) is 28.1 Å². The lowest BCUT2D eigenvalue weighted by Crippen LogP contribution is -2.47. The molecular formula is C95H113N17O13. The molecule has 0 radical (unpaired) electrons. The molecule has 8 aliphatic carbocycles. The summed E-state index contributed by atoms with van der Waals surface area (Å²) in [7, 11) is 0. The van der Waals surface area contributed by atoms with E-state index in [2.05, 4.69) is 131 Å². The Hall–Kier alpha value is -12.2. The highest BCUT2D eigenvalue weighted by atomic mass is 16.6. The molecule has 4 saturated carbocycles. The minimum absolute atomic E-state index is 0.0155. The number of rotatable bonds is 18. The van der Waals surface area contributed by atoms with Crippen molar-refractivity contribution in [2.75, 3.05) is 34.1 Å². The van der Waals surface area contributed by atoms with Gasteiger partial charge in [-0.2, -0.15) is 0 Å². The van der Waals surface area contributed by atoms with Crippen LogP contribution in [0.1, 0.15) is 242 Å². The molecule has 4 aromatic carbocycles. The van der Waals surface area contributed by atoms with Crippen LogP contribution in [-0.2, 0) is 84.8 Å². The number of benzene rings is 4. The molecule has 30 nitrogen and oxygen atoms in total. The van der Waals surface area contributed by atoms with E-state index >= 15 is 0 Å². The summed E-state index contributed by atoms with van der Waals surface area (Å²) in [6, 6.07) is 32.6. The summed E-state index contributed by atoms with van der Waals surface area (Å²) in [5.74, 6) is -2.94. The summed E-state index contributed by atoms with van der Waals surface area (Å²) in [6.45, 7) is 6.62. The van der Waals surface area contributed by atoms with Gasteiger partial charge in [0.15, 0.2) is 46.0 Å². The van der Waals surface area contributed by atoms with E-state index in [-0.39, 0.29) is 147 Å². The van der Waals surface area contributed by atoms with Crippen molar-refractivity contribution < 1.29 is 62.5 Å². The van der Waals surface area contributed by atoms with Gasteiger partial charge in [-0.1, -0.05) is 155 Å². The van der Waals surface area contributed by atoms with Crippen molar-refractivity contribution in [2.45, 2.75) is 248 Å². The Bertz CT molecular complexity index is 5050. The molecule has 17 rings (SSSR count). The fourth-order valence-corrected chi connectivity index (χ4v) is 18.4. The maximum atomic E-state index is 13.8. The van der Waals surface area contributed by atoms with Crippen LogP contribution in [0.2, 0.25) is 0 Å². The summed E-state index contributed by atoms with van der Waals surface area (Å²) >= 11 is 0. The van der Waals surface area contributed by atoms with E-state index in [0.29, 0.717) is 64.6 Å². The van der Waals surface area contributed by atoms with E-state index in [1.54, 1.807) is 0 Å². The molecule has 1 saturated heterocycles. The first-order chi connectivity index (χ1) is 60.5. The molecule has 30 heteroatoms. The highest BCUT2D eigenvalue weighted by Crippen LogP contribution is 2.36. The average molecular weight is 1700 g/mol. The molecule has 656 valence electrons. The number of carbonyl (C=O) groups excluding carboxylic acids is 10. The van der Waals surface area contributed by atoms with Crippen LogP contribution in [0.5, 0.6) is 0 Å². The van der Waals surface area contributed by atoms with Crippen molar-refractivity contribution in [3.8, 4) is 0 Å². The summed E-state index contributed by atoms with van der Waals surface area (Å²) in [5, 5.41) is 33.8. The lowest BCUT2D eigenvalue weighted by Gasteiger charge is -2.31. The summed E-state index contributed by atoms with van der Waals surface area (Å²) in [4.78, 5) is 164. The van der Waals surface area contributed by atoms with Crippen LogP contribution in [-0.4, -0.2) is 159 Å². The first kappa shape index (κ1) is 89.1. The topological polar surface area (TPSA) is 412 Å². The van der Waals surface area contributed by atoms with E-state index < -0.39 is 23.2 Å². The van der Waals surface area contributed by atoms with Crippen molar-refractivity contribution in [1.82, 2.24) is 66.5 Å². The molecule has 0 unspecified atom stereocenters. The summed E-state index contributed by atoms with van der Waals surface area (Å²) in [6.07, 6.45) is 34.0. The molecule has 0 spiro atoms. The van der Waals surface area contributed by atoms with Crippen LogP contribution >= 0.6 is 0 Å². The van der Waals surface area contributed by atoms with Crippen LogP contribution < -0.4 is 47.4 Å². The lowest BCUT2D eigenvalue weighted by atomic mass is 9.84. The number of hydrogen-bond donors (Lipinski definition) is 9. The molecule has 125 heavy (non-hydrogen) atoms. The maximum absolute atomic E-state index is 13.8. The smallest absolute Gasteiger partial charge is 0.407 e. The lowest BCUT2D eigenvalue weighted by molar-refractivity contribution is -0.137. The number of nitrogens with one attached hydrogen (secondary N) is 8. The van der Waals surface area contributed by atoms with Gasteiger partial charge < -0.3 is 57.1 Å². The van der Waals surface area contributed by atoms with Gasteiger partial charge in [0.2, 0.25) is 23.6 Å². The fraction of sp³-hybridized carbons (Fsp3) is 0.474. The van der Waals surface area contributed by atoms with Crippen molar-refractivity contribution in [2.24, 2.45) is 23.7 Å². The molecule has 9 aliphatic rings. The SMILES string of the molecule is CC(C)(C)OC(=O)NC1CCC(C(=O)Nc2nccnc2C(=O)NC2Cc3ccccc3C2)CC1.O=C(NC1Cc2ccccc2C1)c1nccnc1N(C(=O)C1CCCCC1)C(=O)C1CCCCC1.O=C(NC1Cc2ccccc2C1)c1nccnc1NC(=O)C1(O)CCCCC1.O=C(NC1Cc2ccccc2C1)c1nccnc1NC(=O)C1CCOCC1. The van der Waals surface area contributed by atoms with E-state index in [1.165, 1.54) is 99.0 Å². The zero-order chi connectivity index (χ0) is 87.4. The van der Waals surface area contributed by atoms with Crippen LogP contribution in [0.15, 0.2) is 147 Å². The average Bonchev–Trinajstić information content (AvgIpc) is 0.949. The van der Waals surface area contributed by atoms with Gasteiger partial charge in [0.1, 0.15) is 11.2 Å². The zero-order valence-electron chi connectivity index (χ0n) is 71.3. The van der Waals surface area contributed by atoms with Gasteiger partial charge in [-0.15, -0.1) is 0 Å². The van der Waals surface area contributed by atoms with E-state index in [0.717, 1.165) is 135 Å². The first-order valence-electron chi connectivity index (χ1n) is 44.4. The van der Waals surface area contributed by atoms with E-state index in [9.17, 15) is 53.1 Å². The Morgan fingerprint density at radius 2 is 0.672 bits per heavy atom. The normalized spacial score (nSPS) is 18.8. The standard InChI is InChI=1S/C28H34N4O3.C26H33N5O4.C21H24N4O3.C20H22N4O3/c33-26(31-23-17-21-13-7-8-14-22(21)18-23)24-25(30-16-15-29-24)32(27(34)19-9-3-1-4-10-19)28(35)20-11-5-2-6-12-20;1-26(2,3)35-25(34)30-19-10-8-16(9-11-19)23(32)31-22-21(27-12-13-28-22)24(33)29-20-14-17-6-4-5-7-18(17)15-20;26-19(24-16-12-14-6-2-3-7-15(14)13-16)17-18(23-11-10-22-17)25-20(27)21(28)8-4-1-5-9-21;25-19(13-5-9-27-10-6-13)24-18-17(21-7-8-22-18)20(26)23-16-11-14-3-1-2-4-15(14)12-16/h7-8,13-16,19-20,23H,1-6,9-12,17-18H2,(H,31,33);4-7,12-13,16,19-20H,8-11,14-15H2,1-3H3,(H,29,33)(H,30,34)(H,28,31,32);2-3,6-7,10-11,16,28H,1,4-5,8-9,12-13H2,(H,24,26)(H,23,25,27);1-4,7-8,13,16H,5-6,9-12H2,(H,23,26)(H,22,24,25). The monoisotopic (exact) mass is 1700 g/mol. The molecule has 0 bridgehead atoms. The summed E-state index contributed by atoms with van der Waals surface area (Å²) < 4.78 is 10.6. The number of amides is 10.